The first-order chi connectivity index (χ1) is 18.3. The fraction of sp³-hybridized carbons (Fsp3) is 0.111. The van der Waals surface area contributed by atoms with Gasteiger partial charge in [-0.2, -0.15) is 0 Å². The maximum atomic E-state index is 14.4. The summed E-state index contributed by atoms with van der Waals surface area (Å²) >= 11 is 7.21. The molecule has 1 aliphatic heterocycles. The highest BCUT2D eigenvalue weighted by molar-refractivity contribution is 7.07. The van der Waals surface area contributed by atoms with Crippen molar-refractivity contribution in [3.05, 3.63) is 120 Å². The van der Waals surface area contributed by atoms with Gasteiger partial charge in [0, 0.05) is 5.56 Å². The van der Waals surface area contributed by atoms with Crippen molar-refractivity contribution >= 4 is 41.0 Å². The Kier molecular flexibility index (Phi) is 6.83. The van der Waals surface area contributed by atoms with Crippen LogP contribution in [0, 0.1) is 5.82 Å². The van der Waals surface area contributed by atoms with Gasteiger partial charge in [0.15, 0.2) is 4.80 Å². The van der Waals surface area contributed by atoms with Crippen LogP contribution in [0.15, 0.2) is 86.3 Å². The molecule has 4 aromatic rings. The van der Waals surface area contributed by atoms with Gasteiger partial charge < -0.3 is 13.9 Å². The van der Waals surface area contributed by atoms with Gasteiger partial charge in [-0.1, -0.05) is 41.1 Å². The number of allylic oxidation sites excluding steroid dienone is 1. The third-order valence-electron chi connectivity index (χ3n) is 5.83. The van der Waals surface area contributed by atoms with Crippen molar-refractivity contribution in [3.8, 4) is 5.75 Å². The Labute approximate surface area is 223 Å². The standard InChI is InChI=1S/C27H18ClFN2O6S/c1-14-22(26(34)35-2)23(15-8-10-16(11-9-15)37-25(33)20-7-4-12-36-20)31-24(32)21(38-27(31)30-14)13-17-18(28)5-3-6-19(17)29/h3-13,23H,1-2H3/b21-13+. The number of thiazole rings is 1. The minimum Gasteiger partial charge on any atom is -0.466 e. The zero-order valence-electron chi connectivity index (χ0n) is 19.9. The Morgan fingerprint density at radius 1 is 1.13 bits per heavy atom. The second-order valence-electron chi connectivity index (χ2n) is 8.14. The number of hydrogen-bond acceptors (Lipinski definition) is 8. The van der Waals surface area contributed by atoms with Gasteiger partial charge in [-0.25, -0.2) is 19.0 Å². The number of aromatic nitrogens is 1. The first kappa shape index (κ1) is 25.4. The summed E-state index contributed by atoms with van der Waals surface area (Å²) in [5.74, 6) is -1.63. The molecular formula is C27H18ClFN2O6S. The molecule has 38 heavy (non-hydrogen) atoms. The van der Waals surface area contributed by atoms with Gasteiger partial charge in [-0.15, -0.1) is 0 Å². The summed E-state index contributed by atoms with van der Waals surface area (Å²) in [6.07, 6.45) is 2.73. The van der Waals surface area contributed by atoms with Crippen molar-refractivity contribution in [1.82, 2.24) is 4.57 Å². The molecule has 2 aromatic heterocycles. The summed E-state index contributed by atoms with van der Waals surface area (Å²) in [5.41, 5.74) is 0.652. The van der Waals surface area contributed by atoms with E-state index in [1.165, 1.54) is 60.4 Å². The van der Waals surface area contributed by atoms with Gasteiger partial charge in [0.2, 0.25) is 5.76 Å². The lowest BCUT2D eigenvalue weighted by Crippen LogP contribution is -2.39. The van der Waals surface area contributed by atoms with E-state index in [1.54, 1.807) is 25.1 Å². The molecule has 0 saturated heterocycles. The van der Waals surface area contributed by atoms with Crippen LogP contribution in [0.2, 0.25) is 5.02 Å². The second-order valence-corrected chi connectivity index (χ2v) is 9.56. The number of fused-ring (bicyclic) bond motifs is 1. The van der Waals surface area contributed by atoms with E-state index < -0.39 is 29.4 Å². The normalized spacial score (nSPS) is 15.2. The van der Waals surface area contributed by atoms with Gasteiger partial charge >= 0.3 is 11.9 Å². The molecule has 0 saturated carbocycles. The number of benzene rings is 2. The quantitative estimate of drug-likeness (QED) is 0.274. The van der Waals surface area contributed by atoms with Gasteiger partial charge in [0.1, 0.15) is 11.6 Å². The number of rotatable bonds is 5. The molecule has 3 heterocycles. The number of furan rings is 1. The Balaban J connectivity index is 1.61. The van der Waals surface area contributed by atoms with Crippen molar-refractivity contribution < 1.29 is 27.9 Å². The maximum absolute atomic E-state index is 14.4. The van der Waals surface area contributed by atoms with E-state index in [4.69, 9.17) is 25.5 Å². The number of carbonyl (C=O) groups excluding carboxylic acids is 2. The van der Waals surface area contributed by atoms with Crippen molar-refractivity contribution in [2.45, 2.75) is 13.0 Å². The van der Waals surface area contributed by atoms with Crippen LogP contribution < -0.4 is 19.6 Å². The first-order valence-corrected chi connectivity index (χ1v) is 12.4. The molecule has 2 aromatic carbocycles. The van der Waals surface area contributed by atoms with E-state index >= 15 is 0 Å². The van der Waals surface area contributed by atoms with E-state index in [0.29, 0.717) is 16.1 Å². The number of halogens is 2. The molecule has 8 nitrogen and oxygen atoms in total. The van der Waals surface area contributed by atoms with Crippen LogP contribution in [0.3, 0.4) is 0 Å². The molecule has 0 bridgehead atoms. The molecule has 0 N–H and O–H groups in total. The average molecular weight is 553 g/mol. The zero-order chi connectivity index (χ0) is 27.0. The molecule has 1 unspecified atom stereocenters. The van der Waals surface area contributed by atoms with Gasteiger partial charge in [0.05, 0.1) is 40.2 Å². The lowest BCUT2D eigenvalue weighted by Gasteiger charge is -2.24. The fourth-order valence-corrected chi connectivity index (χ4v) is 5.30. The number of nitrogens with zero attached hydrogens (tertiary/aromatic N) is 2. The summed E-state index contributed by atoms with van der Waals surface area (Å²) < 4.78 is 31.3. The Morgan fingerprint density at radius 3 is 2.55 bits per heavy atom. The van der Waals surface area contributed by atoms with Crippen molar-refractivity contribution in [2.24, 2.45) is 4.99 Å². The molecule has 0 spiro atoms. The van der Waals surface area contributed by atoms with Gasteiger partial charge in [-0.3, -0.25) is 9.36 Å². The summed E-state index contributed by atoms with van der Waals surface area (Å²) in [6.45, 7) is 1.64. The first-order valence-electron chi connectivity index (χ1n) is 11.2. The van der Waals surface area contributed by atoms with Crippen LogP contribution in [0.1, 0.15) is 34.6 Å². The van der Waals surface area contributed by atoms with Crippen molar-refractivity contribution in [3.63, 3.8) is 0 Å². The number of methoxy groups -OCH3 is 1. The van der Waals surface area contributed by atoms with E-state index in [9.17, 15) is 18.8 Å². The average Bonchev–Trinajstić information content (AvgIpc) is 3.54. The second kappa shape index (κ2) is 10.2. The van der Waals surface area contributed by atoms with Crippen LogP contribution in [-0.2, 0) is 9.53 Å². The lowest BCUT2D eigenvalue weighted by atomic mass is 9.96. The molecular weight excluding hydrogens is 535 g/mol. The maximum Gasteiger partial charge on any atom is 0.379 e. The minimum absolute atomic E-state index is 0.0442. The van der Waals surface area contributed by atoms with E-state index in [-0.39, 0.29) is 32.2 Å². The van der Waals surface area contributed by atoms with Crippen molar-refractivity contribution in [2.75, 3.05) is 7.11 Å². The van der Waals surface area contributed by atoms with Gasteiger partial charge in [0.25, 0.3) is 5.56 Å². The molecule has 0 amide bonds. The smallest absolute Gasteiger partial charge is 0.379 e. The molecule has 192 valence electrons. The summed E-state index contributed by atoms with van der Waals surface area (Å²) in [4.78, 5) is 43.4. The SMILES string of the molecule is COC(=O)C1=C(C)N=c2s/c(=C/c3c(F)cccc3Cl)c(=O)n2C1c1ccc(OC(=O)c2ccco2)cc1. The number of esters is 2. The topological polar surface area (TPSA) is 100 Å². The van der Waals surface area contributed by atoms with E-state index in [1.807, 2.05) is 0 Å². The Hall–Kier alpha value is -4.28. The molecule has 0 radical (unpaired) electrons. The highest BCUT2D eigenvalue weighted by Gasteiger charge is 2.33. The van der Waals surface area contributed by atoms with Crippen LogP contribution in [0.5, 0.6) is 5.75 Å². The molecule has 0 fully saturated rings. The largest absolute Gasteiger partial charge is 0.466 e. The predicted molar refractivity (Wildman–Crippen MR) is 137 cm³/mol. The lowest BCUT2D eigenvalue weighted by molar-refractivity contribution is -0.136. The summed E-state index contributed by atoms with van der Waals surface area (Å²) in [6, 6.07) is 12.7. The molecule has 1 aliphatic rings. The van der Waals surface area contributed by atoms with Crippen LogP contribution >= 0.6 is 22.9 Å². The number of carbonyl (C=O) groups is 2. The Morgan fingerprint density at radius 2 is 1.89 bits per heavy atom. The fourth-order valence-electron chi connectivity index (χ4n) is 4.06. The van der Waals surface area contributed by atoms with E-state index in [2.05, 4.69) is 4.99 Å². The molecule has 1 atom stereocenters. The third-order valence-corrected chi connectivity index (χ3v) is 7.14. The summed E-state index contributed by atoms with van der Waals surface area (Å²) in [5, 5.41) is 0.151. The third kappa shape index (κ3) is 4.59. The van der Waals surface area contributed by atoms with Crippen LogP contribution in [0.25, 0.3) is 6.08 Å². The van der Waals surface area contributed by atoms with Crippen LogP contribution in [-0.4, -0.2) is 23.6 Å². The monoisotopic (exact) mass is 552 g/mol. The highest BCUT2D eigenvalue weighted by atomic mass is 35.5. The van der Waals surface area contributed by atoms with Crippen LogP contribution in [0.4, 0.5) is 4.39 Å². The molecule has 11 heteroatoms. The Bertz CT molecular complexity index is 1750. The van der Waals surface area contributed by atoms with Crippen molar-refractivity contribution in [1.29, 1.82) is 0 Å². The minimum atomic E-state index is -0.897. The molecule has 5 rings (SSSR count). The highest BCUT2D eigenvalue weighted by Crippen LogP contribution is 2.31. The predicted octanol–water partition coefficient (Wildman–Crippen LogP) is 4.01. The molecule has 0 aliphatic carbocycles. The van der Waals surface area contributed by atoms with E-state index in [0.717, 1.165) is 11.3 Å². The number of ether oxygens (including phenoxy) is 2. The van der Waals surface area contributed by atoms with Gasteiger partial charge in [-0.05, 0) is 55.0 Å². The summed E-state index contributed by atoms with van der Waals surface area (Å²) in [7, 11) is 1.24. The number of hydrogen-bond donors (Lipinski definition) is 0. The zero-order valence-corrected chi connectivity index (χ0v) is 21.5.